The van der Waals surface area contributed by atoms with Crippen molar-refractivity contribution in [1.82, 2.24) is 10.2 Å². The molecule has 2 rings (SSSR count). The molecule has 0 aromatic rings. The molecule has 1 saturated carbocycles. The maximum absolute atomic E-state index is 9.54. The summed E-state index contributed by atoms with van der Waals surface area (Å²) in [6, 6.07) is 0.603. The van der Waals surface area contributed by atoms with E-state index in [4.69, 9.17) is 4.74 Å². The topological polar surface area (TPSA) is 44.7 Å². The number of nitrogens with one attached hydrogen (secondary N) is 1. The number of aliphatic hydroxyl groups excluding tert-OH is 1. The van der Waals surface area contributed by atoms with Gasteiger partial charge < -0.3 is 20.1 Å². The minimum Gasteiger partial charge on any atom is -0.394 e. The van der Waals surface area contributed by atoms with Crippen LogP contribution >= 0.6 is 0 Å². The molecule has 0 radical (unpaired) electrons. The van der Waals surface area contributed by atoms with Gasteiger partial charge in [-0.05, 0) is 52.1 Å². The van der Waals surface area contributed by atoms with Gasteiger partial charge in [0.15, 0.2) is 0 Å². The van der Waals surface area contributed by atoms with E-state index in [0.717, 1.165) is 32.6 Å². The Balaban J connectivity index is 1.81. The van der Waals surface area contributed by atoms with Gasteiger partial charge in [-0.15, -0.1) is 0 Å². The molecular weight excluding hydrogens is 228 g/mol. The summed E-state index contributed by atoms with van der Waals surface area (Å²) in [6.07, 6.45) is 5.83. The molecule has 2 aliphatic rings. The van der Waals surface area contributed by atoms with E-state index >= 15 is 0 Å². The Labute approximate surface area is 111 Å². The molecule has 0 amide bonds. The predicted octanol–water partition coefficient (Wildman–Crippen LogP) is 0.848. The highest BCUT2D eigenvalue weighted by Crippen LogP contribution is 2.32. The van der Waals surface area contributed by atoms with Crippen LogP contribution in [0, 0.1) is 5.92 Å². The lowest BCUT2D eigenvalue weighted by molar-refractivity contribution is 0.0355. The van der Waals surface area contributed by atoms with Crippen molar-refractivity contribution in [2.24, 2.45) is 5.92 Å². The van der Waals surface area contributed by atoms with Crippen molar-refractivity contribution in [2.45, 2.75) is 43.7 Å². The van der Waals surface area contributed by atoms with Crippen molar-refractivity contribution in [3.05, 3.63) is 0 Å². The third-order valence-electron chi connectivity index (χ3n) is 4.84. The number of hydrogen-bond donors (Lipinski definition) is 2. The van der Waals surface area contributed by atoms with E-state index in [1.54, 1.807) is 0 Å². The Bertz CT molecular complexity index is 250. The lowest BCUT2D eigenvalue weighted by Crippen LogP contribution is -2.46. The predicted molar refractivity (Wildman–Crippen MR) is 72.7 cm³/mol. The average molecular weight is 256 g/mol. The molecule has 0 spiro atoms. The van der Waals surface area contributed by atoms with Gasteiger partial charge in [0.25, 0.3) is 0 Å². The zero-order valence-corrected chi connectivity index (χ0v) is 11.8. The van der Waals surface area contributed by atoms with Crippen molar-refractivity contribution in [3.8, 4) is 0 Å². The van der Waals surface area contributed by atoms with Crippen LogP contribution in [0.4, 0.5) is 0 Å². The van der Waals surface area contributed by atoms with Crippen molar-refractivity contribution in [2.75, 3.05) is 40.5 Å². The molecule has 1 aliphatic heterocycles. The highest BCUT2D eigenvalue weighted by atomic mass is 16.5. The lowest BCUT2D eigenvalue weighted by Gasteiger charge is -2.32. The Kier molecular flexibility index (Phi) is 5.01. The third-order valence-corrected chi connectivity index (χ3v) is 4.84. The maximum atomic E-state index is 9.54. The summed E-state index contributed by atoms with van der Waals surface area (Å²) in [5.74, 6) is 0.697. The highest BCUT2D eigenvalue weighted by Gasteiger charge is 2.39. The maximum Gasteiger partial charge on any atom is 0.0613 e. The van der Waals surface area contributed by atoms with E-state index in [1.165, 1.54) is 19.3 Å². The van der Waals surface area contributed by atoms with E-state index < -0.39 is 0 Å². The third kappa shape index (κ3) is 3.23. The number of hydrogen-bond acceptors (Lipinski definition) is 4. The van der Waals surface area contributed by atoms with Crippen LogP contribution < -0.4 is 5.32 Å². The van der Waals surface area contributed by atoms with Crippen LogP contribution in [0.25, 0.3) is 0 Å². The zero-order valence-electron chi connectivity index (χ0n) is 11.8. The van der Waals surface area contributed by atoms with Gasteiger partial charge in [-0.2, -0.15) is 0 Å². The molecule has 106 valence electrons. The van der Waals surface area contributed by atoms with Crippen LogP contribution in [0.1, 0.15) is 32.1 Å². The zero-order chi connectivity index (χ0) is 13.0. The minimum absolute atomic E-state index is 0.0397. The van der Waals surface area contributed by atoms with Gasteiger partial charge in [0.1, 0.15) is 0 Å². The van der Waals surface area contributed by atoms with Gasteiger partial charge in [-0.1, -0.05) is 0 Å². The SMILES string of the molecule is CNC1(CO)CCC(N(C)CC2CCCOC2)C1. The second-order valence-electron chi connectivity index (χ2n) is 6.11. The standard InChI is InChI=1S/C14H28N2O2/c1-15-14(11-17)6-5-13(8-14)16(2)9-12-4-3-7-18-10-12/h12-13,15,17H,3-11H2,1-2H3. The summed E-state index contributed by atoms with van der Waals surface area (Å²) in [4.78, 5) is 2.48. The second kappa shape index (κ2) is 6.33. The molecule has 2 fully saturated rings. The largest absolute Gasteiger partial charge is 0.394 e. The van der Waals surface area contributed by atoms with Crippen LogP contribution in [0.15, 0.2) is 0 Å². The number of ether oxygens (including phenoxy) is 1. The molecule has 1 aliphatic carbocycles. The van der Waals surface area contributed by atoms with E-state index in [9.17, 15) is 5.11 Å². The molecule has 3 unspecified atom stereocenters. The first-order valence-corrected chi connectivity index (χ1v) is 7.27. The molecule has 0 bridgehead atoms. The second-order valence-corrected chi connectivity index (χ2v) is 6.11. The number of aliphatic hydroxyl groups is 1. The van der Waals surface area contributed by atoms with Gasteiger partial charge >= 0.3 is 0 Å². The average Bonchev–Trinajstić information content (AvgIpc) is 2.85. The number of likely N-dealkylation sites (N-methyl/N-ethyl adjacent to an activating group) is 1. The molecule has 2 N–H and O–H groups in total. The van der Waals surface area contributed by atoms with Crippen molar-refractivity contribution in [3.63, 3.8) is 0 Å². The lowest BCUT2D eigenvalue weighted by atomic mass is 9.98. The first kappa shape index (κ1) is 14.3. The van der Waals surface area contributed by atoms with Crippen LogP contribution in [-0.2, 0) is 4.74 Å². The van der Waals surface area contributed by atoms with Gasteiger partial charge in [0, 0.05) is 24.7 Å². The first-order chi connectivity index (χ1) is 8.69. The van der Waals surface area contributed by atoms with Gasteiger partial charge in [0.2, 0.25) is 0 Å². The summed E-state index contributed by atoms with van der Waals surface area (Å²) in [7, 11) is 4.19. The Morgan fingerprint density at radius 3 is 2.83 bits per heavy atom. The monoisotopic (exact) mass is 256 g/mol. The molecule has 18 heavy (non-hydrogen) atoms. The quantitative estimate of drug-likeness (QED) is 0.765. The van der Waals surface area contributed by atoms with Crippen molar-refractivity contribution < 1.29 is 9.84 Å². The fourth-order valence-electron chi connectivity index (χ4n) is 3.43. The van der Waals surface area contributed by atoms with E-state index in [1.807, 2.05) is 7.05 Å². The van der Waals surface area contributed by atoms with Crippen LogP contribution in [0.2, 0.25) is 0 Å². The molecule has 0 aromatic heterocycles. The number of rotatable bonds is 5. The van der Waals surface area contributed by atoms with Crippen LogP contribution in [0.5, 0.6) is 0 Å². The fourth-order valence-corrected chi connectivity index (χ4v) is 3.43. The van der Waals surface area contributed by atoms with Gasteiger partial charge in [-0.25, -0.2) is 0 Å². The molecule has 3 atom stereocenters. The molecule has 1 heterocycles. The Morgan fingerprint density at radius 2 is 2.28 bits per heavy atom. The van der Waals surface area contributed by atoms with Crippen LogP contribution in [0.3, 0.4) is 0 Å². The van der Waals surface area contributed by atoms with Gasteiger partial charge in [-0.3, -0.25) is 0 Å². The normalized spacial score (nSPS) is 37.3. The molecule has 1 saturated heterocycles. The molecule has 4 nitrogen and oxygen atoms in total. The van der Waals surface area contributed by atoms with E-state index in [-0.39, 0.29) is 12.1 Å². The van der Waals surface area contributed by atoms with Crippen LogP contribution in [-0.4, -0.2) is 62.0 Å². The summed E-state index contributed by atoms with van der Waals surface area (Å²) in [5.41, 5.74) is -0.0397. The minimum atomic E-state index is -0.0397. The Hall–Kier alpha value is -0.160. The molecule has 0 aromatic carbocycles. The first-order valence-electron chi connectivity index (χ1n) is 7.27. The summed E-state index contributed by atoms with van der Waals surface area (Å²) in [6.45, 7) is 3.25. The van der Waals surface area contributed by atoms with Gasteiger partial charge in [0.05, 0.1) is 13.2 Å². The highest BCUT2D eigenvalue weighted by molar-refractivity contribution is 4.98. The van der Waals surface area contributed by atoms with E-state index in [0.29, 0.717) is 12.0 Å². The van der Waals surface area contributed by atoms with E-state index in [2.05, 4.69) is 17.3 Å². The van der Waals surface area contributed by atoms with Crippen molar-refractivity contribution >= 4 is 0 Å². The summed E-state index contributed by atoms with van der Waals surface area (Å²) < 4.78 is 5.55. The summed E-state index contributed by atoms with van der Waals surface area (Å²) in [5, 5.41) is 12.9. The Morgan fingerprint density at radius 1 is 1.44 bits per heavy atom. The molecular formula is C14H28N2O2. The fraction of sp³-hybridized carbons (Fsp3) is 1.00. The smallest absolute Gasteiger partial charge is 0.0613 e. The molecule has 4 heteroatoms. The van der Waals surface area contributed by atoms with Crippen molar-refractivity contribution in [1.29, 1.82) is 0 Å². The number of nitrogens with zero attached hydrogens (tertiary/aromatic N) is 1. The summed E-state index contributed by atoms with van der Waals surface area (Å²) >= 11 is 0.